The van der Waals surface area contributed by atoms with E-state index < -0.39 is 5.97 Å². The van der Waals surface area contributed by atoms with Crippen LogP contribution < -0.4 is 0 Å². The predicted octanol–water partition coefficient (Wildman–Crippen LogP) is 4.69. The number of carbonyl (C=O) groups is 1. The molecule has 0 N–H and O–H groups in total. The molecular weight excluding hydrogens is 378 g/mol. The van der Waals surface area contributed by atoms with Gasteiger partial charge in [0.05, 0.1) is 0 Å². The van der Waals surface area contributed by atoms with Gasteiger partial charge in [-0.25, -0.2) is 4.79 Å². The van der Waals surface area contributed by atoms with E-state index in [1.165, 1.54) is 6.08 Å². The van der Waals surface area contributed by atoms with Crippen molar-refractivity contribution in [1.82, 2.24) is 9.72 Å². The molecule has 0 spiro atoms. The normalized spacial score (nSPS) is 11.3. The van der Waals surface area contributed by atoms with Crippen LogP contribution in [0.1, 0.15) is 28.4 Å². The minimum absolute atomic E-state index is 0.0566. The van der Waals surface area contributed by atoms with Crippen LogP contribution in [0.3, 0.4) is 0 Å². The second-order valence-electron chi connectivity index (χ2n) is 6.31. The molecule has 0 bridgehead atoms. The van der Waals surface area contributed by atoms with E-state index in [0.717, 1.165) is 22.6 Å². The first kappa shape index (κ1) is 19.5. The maximum absolute atomic E-state index is 12.3. The van der Waals surface area contributed by atoms with Gasteiger partial charge in [0.15, 0.2) is 0 Å². The molecular formula is C21H18ClN3O3. The lowest BCUT2D eigenvalue weighted by Crippen LogP contribution is -2.07. The Bertz CT molecular complexity index is 1090. The first-order valence-electron chi connectivity index (χ1n) is 8.55. The highest BCUT2D eigenvalue weighted by molar-refractivity contribution is 6.30. The largest absolute Gasteiger partial charge is 0.455 e. The number of rotatable bonds is 5. The van der Waals surface area contributed by atoms with E-state index in [1.807, 2.05) is 54.8 Å². The Hall–Kier alpha value is -3.30. The molecule has 0 aliphatic carbocycles. The molecule has 28 heavy (non-hydrogen) atoms. The van der Waals surface area contributed by atoms with Crippen molar-refractivity contribution in [3.05, 3.63) is 75.4 Å². The predicted molar refractivity (Wildman–Crippen MR) is 105 cm³/mol. The zero-order valence-corrected chi connectivity index (χ0v) is 16.4. The molecule has 0 amide bonds. The molecule has 0 saturated carbocycles. The summed E-state index contributed by atoms with van der Waals surface area (Å²) >= 11 is 5.97. The molecule has 0 radical (unpaired) electrons. The third-order valence-corrected chi connectivity index (χ3v) is 4.48. The molecule has 6 nitrogen and oxygen atoms in total. The zero-order chi connectivity index (χ0) is 20.3. The van der Waals surface area contributed by atoms with Gasteiger partial charge in [-0.3, -0.25) is 0 Å². The second kappa shape index (κ2) is 8.15. The molecule has 7 heteroatoms. The van der Waals surface area contributed by atoms with Crippen LogP contribution in [0, 0.1) is 32.1 Å². The number of nitriles is 1. The Kier molecular flexibility index (Phi) is 5.67. The molecule has 0 unspecified atom stereocenters. The molecule has 1 aromatic carbocycles. The summed E-state index contributed by atoms with van der Waals surface area (Å²) < 4.78 is 12.1. The van der Waals surface area contributed by atoms with Gasteiger partial charge < -0.3 is 13.8 Å². The monoisotopic (exact) mass is 395 g/mol. The molecule has 2 aromatic heterocycles. The molecule has 0 fully saturated rings. The van der Waals surface area contributed by atoms with Crippen LogP contribution in [0.2, 0.25) is 5.02 Å². The fraction of sp³-hybridized carbons (Fsp3) is 0.190. The molecule has 3 aromatic rings. The molecule has 2 heterocycles. The highest BCUT2D eigenvalue weighted by atomic mass is 35.5. The van der Waals surface area contributed by atoms with E-state index >= 15 is 0 Å². The van der Waals surface area contributed by atoms with Crippen LogP contribution >= 0.6 is 11.6 Å². The average molecular weight is 396 g/mol. The summed E-state index contributed by atoms with van der Waals surface area (Å²) in [7, 11) is 0. The maximum Gasteiger partial charge on any atom is 0.349 e. The van der Waals surface area contributed by atoms with Gasteiger partial charge in [0.1, 0.15) is 29.7 Å². The van der Waals surface area contributed by atoms with Crippen molar-refractivity contribution >= 4 is 23.6 Å². The molecule has 142 valence electrons. The SMILES string of the molecule is Cc1cc(COC(=O)/C(C#N)=C/c2cc(C)n(-c3ccc(Cl)cc3)c2C)no1. The number of aromatic nitrogens is 2. The van der Waals surface area contributed by atoms with Gasteiger partial charge in [-0.2, -0.15) is 5.26 Å². The Morgan fingerprint density at radius 3 is 2.61 bits per heavy atom. The summed E-state index contributed by atoms with van der Waals surface area (Å²) in [6.07, 6.45) is 1.53. The standard InChI is InChI=1S/C21H18ClN3O3/c1-13-8-16(15(3)25(13)20-6-4-18(22)5-7-20)10-17(11-23)21(26)27-12-19-9-14(2)28-24-19/h4-10H,12H2,1-3H3/b17-10+. The second-order valence-corrected chi connectivity index (χ2v) is 6.75. The van der Waals surface area contributed by atoms with Crippen molar-refractivity contribution in [2.24, 2.45) is 0 Å². The lowest BCUT2D eigenvalue weighted by atomic mass is 10.1. The van der Waals surface area contributed by atoms with Crippen molar-refractivity contribution < 1.29 is 14.1 Å². The van der Waals surface area contributed by atoms with Gasteiger partial charge in [0.25, 0.3) is 0 Å². The van der Waals surface area contributed by atoms with Gasteiger partial charge in [-0.15, -0.1) is 0 Å². The minimum Gasteiger partial charge on any atom is -0.455 e. The highest BCUT2D eigenvalue weighted by Crippen LogP contribution is 2.24. The number of hydrogen-bond donors (Lipinski definition) is 0. The van der Waals surface area contributed by atoms with Gasteiger partial charge in [0, 0.05) is 28.2 Å². The Labute approximate surface area is 167 Å². The van der Waals surface area contributed by atoms with Gasteiger partial charge >= 0.3 is 5.97 Å². The molecule has 0 aliphatic heterocycles. The van der Waals surface area contributed by atoms with Gasteiger partial charge in [-0.1, -0.05) is 16.8 Å². The number of nitrogens with zero attached hydrogens (tertiary/aromatic N) is 3. The van der Waals surface area contributed by atoms with E-state index in [9.17, 15) is 10.1 Å². The van der Waals surface area contributed by atoms with Crippen LogP contribution in [-0.2, 0) is 16.1 Å². The molecule has 3 rings (SSSR count). The van der Waals surface area contributed by atoms with Crippen molar-refractivity contribution in [3.8, 4) is 11.8 Å². The van der Waals surface area contributed by atoms with E-state index in [0.29, 0.717) is 16.5 Å². The molecule has 0 saturated heterocycles. The maximum atomic E-state index is 12.3. The van der Waals surface area contributed by atoms with Crippen LogP contribution in [0.5, 0.6) is 0 Å². The van der Waals surface area contributed by atoms with Crippen LogP contribution in [-0.4, -0.2) is 15.7 Å². The number of hydrogen-bond acceptors (Lipinski definition) is 5. The van der Waals surface area contributed by atoms with E-state index in [4.69, 9.17) is 20.9 Å². The van der Waals surface area contributed by atoms with Crippen LogP contribution in [0.25, 0.3) is 11.8 Å². The number of carbonyl (C=O) groups excluding carboxylic acids is 1. The summed E-state index contributed by atoms with van der Waals surface area (Å²) in [4.78, 5) is 12.3. The topological polar surface area (TPSA) is 81.0 Å². The average Bonchev–Trinajstić information content (AvgIpc) is 3.21. The molecule has 0 atom stereocenters. The number of aryl methyl sites for hydroxylation is 2. The Morgan fingerprint density at radius 1 is 1.29 bits per heavy atom. The summed E-state index contributed by atoms with van der Waals surface area (Å²) in [6, 6.07) is 12.9. The number of benzene rings is 1. The first-order valence-corrected chi connectivity index (χ1v) is 8.93. The smallest absolute Gasteiger partial charge is 0.349 e. The number of ether oxygens (including phenoxy) is 1. The molecule has 0 aliphatic rings. The van der Waals surface area contributed by atoms with Crippen molar-refractivity contribution in [1.29, 1.82) is 5.26 Å². The van der Waals surface area contributed by atoms with Crippen LogP contribution in [0.15, 0.2) is 46.5 Å². The third-order valence-electron chi connectivity index (χ3n) is 4.22. The highest BCUT2D eigenvalue weighted by Gasteiger charge is 2.15. The fourth-order valence-electron chi connectivity index (χ4n) is 2.92. The quantitative estimate of drug-likeness (QED) is 0.355. The lowest BCUT2D eigenvalue weighted by Gasteiger charge is -2.09. The lowest BCUT2D eigenvalue weighted by molar-refractivity contribution is -0.139. The minimum atomic E-state index is -0.709. The van der Waals surface area contributed by atoms with Crippen molar-refractivity contribution in [2.45, 2.75) is 27.4 Å². The van der Waals surface area contributed by atoms with Gasteiger partial charge in [0.2, 0.25) is 0 Å². The van der Waals surface area contributed by atoms with Crippen molar-refractivity contribution in [2.75, 3.05) is 0 Å². The van der Waals surface area contributed by atoms with E-state index in [2.05, 4.69) is 5.16 Å². The summed E-state index contributed by atoms with van der Waals surface area (Å²) in [5, 5.41) is 13.8. The summed E-state index contributed by atoms with van der Waals surface area (Å²) in [6.45, 7) is 5.57. The summed E-state index contributed by atoms with van der Waals surface area (Å²) in [5.74, 6) is -0.0869. The van der Waals surface area contributed by atoms with Crippen molar-refractivity contribution in [3.63, 3.8) is 0 Å². The third kappa shape index (κ3) is 4.16. The summed E-state index contributed by atoms with van der Waals surface area (Å²) in [5.41, 5.74) is 3.97. The van der Waals surface area contributed by atoms with E-state index in [-0.39, 0.29) is 12.2 Å². The number of halogens is 1. The zero-order valence-electron chi connectivity index (χ0n) is 15.7. The van der Waals surface area contributed by atoms with Crippen LogP contribution in [0.4, 0.5) is 0 Å². The van der Waals surface area contributed by atoms with E-state index in [1.54, 1.807) is 13.0 Å². The number of esters is 1. The Balaban J connectivity index is 1.84. The first-order chi connectivity index (χ1) is 13.4. The van der Waals surface area contributed by atoms with Gasteiger partial charge in [-0.05, 0) is 62.7 Å². The Morgan fingerprint density at radius 2 is 2.00 bits per heavy atom. The fourth-order valence-corrected chi connectivity index (χ4v) is 3.04.